The Morgan fingerprint density at radius 3 is 2.64 bits per heavy atom. The van der Waals surface area contributed by atoms with Crippen LogP contribution in [-0.4, -0.2) is 38.7 Å². The lowest BCUT2D eigenvalue weighted by atomic mass is 10.1. The molecule has 1 fully saturated rings. The number of guanidine groups is 1. The third kappa shape index (κ3) is 3.84. The highest BCUT2D eigenvalue weighted by Gasteiger charge is 2.15. The molecule has 22 heavy (non-hydrogen) atoms. The summed E-state index contributed by atoms with van der Waals surface area (Å²) in [6.07, 6.45) is 5.45. The monoisotopic (exact) mass is 298 g/mol. The lowest BCUT2D eigenvalue weighted by Crippen LogP contribution is -2.40. The summed E-state index contributed by atoms with van der Waals surface area (Å²) in [7, 11) is 1.87. The molecule has 1 aromatic heterocycles. The highest BCUT2D eigenvalue weighted by atomic mass is 15.3. The molecule has 1 aromatic carbocycles. The molecule has 2 aromatic rings. The Bertz CT molecular complexity index is 613. The van der Waals surface area contributed by atoms with E-state index in [1.807, 2.05) is 25.2 Å². The summed E-state index contributed by atoms with van der Waals surface area (Å²) in [5.74, 6) is 1.66. The molecule has 0 amide bonds. The number of likely N-dealkylation sites (tertiary alicyclic amines) is 1. The van der Waals surface area contributed by atoms with Gasteiger partial charge in [-0.1, -0.05) is 18.2 Å². The van der Waals surface area contributed by atoms with Gasteiger partial charge in [0.25, 0.3) is 0 Å². The summed E-state index contributed by atoms with van der Waals surface area (Å²) >= 11 is 0. The molecule has 3 rings (SSSR count). The molecule has 0 spiro atoms. The molecule has 6 heteroatoms. The van der Waals surface area contributed by atoms with Gasteiger partial charge in [0.1, 0.15) is 12.9 Å². The average molecular weight is 298 g/mol. The van der Waals surface area contributed by atoms with Gasteiger partial charge in [0.15, 0.2) is 11.8 Å². The van der Waals surface area contributed by atoms with Crippen molar-refractivity contribution in [3.05, 3.63) is 42.5 Å². The fraction of sp³-hybridized carbons (Fsp3) is 0.438. The summed E-state index contributed by atoms with van der Waals surface area (Å²) in [6, 6.07) is 10.2. The van der Waals surface area contributed by atoms with E-state index in [0.29, 0.717) is 6.54 Å². The van der Waals surface area contributed by atoms with E-state index >= 15 is 0 Å². The standard InChI is InChI=1S/C16H22N6/c1-21-13-18-15(20-21)12-17-16(22-10-6-3-7-11-22)19-14-8-4-2-5-9-14/h2,4-5,8-9,13H,3,6-7,10-12H2,1H3,(H,17,19). The first-order valence-electron chi connectivity index (χ1n) is 7.77. The molecule has 0 saturated carbocycles. The molecular formula is C16H22N6. The average Bonchev–Trinajstić information content (AvgIpc) is 2.99. The molecule has 1 saturated heterocycles. The largest absolute Gasteiger partial charge is 0.343 e. The van der Waals surface area contributed by atoms with Gasteiger partial charge in [0.05, 0.1) is 0 Å². The number of piperidine rings is 1. The van der Waals surface area contributed by atoms with Gasteiger partial charge >= 0.3 is 0 Å². The maximum atomic E-state index is 4.72. The second-order valence-electron chi connectivity index (χ2n) is 5.51. The van der Waals surface area contributed by atoms with Crippen molar-refractivity contribution in [3.63, 3.8) is 0 Å². The topological polar surface area (TPSA) is 58.3 Å². The van der Waals surface area contributed by atoms with Crippen LogP contribution in [0.1, 0.15) is 25.1 Å². The maximum absolute atomic E-state index is 4.72. The predicted octanol–water partition coefficient (Wildman–Crippen LogP) is 2.27. The molecule has 116 valence electrons. The zero-order chi connectivity index (χ0) is 15.2. The van der Waals surface area contributed by atoms with Crippen LogP contribution in [0.2, 0.25) is 0 Å². The summed E-state index contributed by atoms with van der Waals surface area (Å²) in [4.78, 5) is 11.3. The molecule has 6 nitrogen and oxygen atoms in total. The van der Waals surface area contributed by atoms with Crippen LogP contribution in [0.3, 0.4) is 0 Å². The highest BCUT2D eigenvalue weighted by Crippen LogP contribution is 2.13. The molecule has 0 bridgehead atoms. The summed E-state index contributed by atoms with van der Waals surface area (Å²) < 4.78 is 1.70. The van der Waals surface area contributed by atoms with E-state index in [9.17, 15) is 0 Å². The van der Waals surface area contributed by atoms with E-state index in [1.54, 1.807) is 11.0 Å². The van der Waals surface area contributed by atoms with Crippen LogP contribution in [0, 0.1) is 0 Å². The Hall–Kier alpha value is -2.37. The molecule has 1 aliphatic heterocycles. The Labute approximate surface area is 130 Å². The lowest BCUT2D eigenvalue weighted by Gasteiger charge is -2.30. The SMILES string of the molecule is Cn1cnc(CN=C(Nc2ccccc2)N2CCCCC2)n1. The molecule has 0 radical (unpaired) electrons. The van der Waals surface area contributed by atoms with Crippen molar-refractivity contribution < 1.29 is 0 Å². The molecule has 1 aliphatic rings. The number of aliphatic imine (C=N–C) groups is 1. The van der Waals surface area contributed by atoms with Crippen LogP contribution >= 0.6 is 0 Å². The molecule has 0 unspecified atom stereocenters. The number of aromatic nitrogens is 3. The number of rotatable bonds is 3. The minimum atomic E-state index is 0.493. The predicted molar refractivity (Wildman–Crippen MR) is 87.6 cm³/mol. The van der Waals surface area contributed by atoms with E-state index in [2.05, 4.69) is 32.4 Å². The third-order valence-corrected chi connectivity index (χ3v) is 3.70. The summed E-state index contributed by atoms with van der Waals surface area (Å²) in [6.45, 7) is 2.59. The molecular weight excluding hydrogens is 276 g/mol. The number of para-hydroxylation sites is 1. The Morgan fingerprint density at radius 1 is 1.18 bits per heavy atom. The number of nitrogens with one attached hydrogen (secondary N) is 1. The van der Waals surface area contributed by atoms with Crippen molar-refractivity contribution in [2.75, 3.05) is 18.4 Å². The zero-order valence-corrected chi connectivity index (χ0v) is 12.9. The first-order chi connectivity index (χ1) is 10.8. The first-order valence-corrected chi connectivity index (χ1v) is 7.77. The Kier molecular flexibility index (Phi) is 4.68. The minimum Gasteiger partial charge on any atom is -0.343 e. The fourth-order valence-electron chi connectivity index (χ4n) is 2.58. The number of anilines is 1. The van der Waals surface area contributed by atoms with Gasteiger partial charge in [0, 0.05) is 25.8 Å². The van der Waals surface area contributed by atoms with Crippen molar-refractivity contribution in [1.29, 1.82) is 0 Å². The molecule has 1 N–H and O–H groups in total. The van der Waals surface area contributed by atoms with E-state index in [4.69, 9.17) is 4.99 Å². The van der Waals surface area contributed by atoms with Gasteiger partial charge in [-0.25, -0.2) is 9.98 Å². The van der Waals surface area contributed by atoms with Gasteiger partial charge < -0.3 is 10.2 Å². The van der Waals surface area contributed by atoms with Gasteiger partial charge in [0.2, 0.25) is 0 Å². The second kappa shape index (κ2) is 7.06. The number of hydrogen-bond donors (Lipinski definition) is 1. The number of benzene rings is 1. The first kappa shape index (κ1) is 14.6. The van der Waals surface area contributed by atoms with Crippen LogP contribution in [-0.2, 0) is 13.6 Å². The van der Waals surface area contributed by atoms with Gasteiger partial charge in [-0.3, -0.25) is 4.68 Å². The van der Waals surface area contributed by atoms with E-state index in [0.717, 1.165) is 30.6 Å². The van der Waals surface area contributed by atoms with Crippen molar-refractivity contribution in [1.82, 2.24) is 19.7 Å². The third-order valence-electron chi connectivity index (χ3n) is 3.70. The Balaban J connectivity index is 1.75. The van der Waals surface area contributed by atoms with Crippen LogP contribution < -0.4 is 5.32 Å². The zero-order valence-electron chi connectivity index (χ0n) is 12.9. The van der Waals surface area contributed by atoms with Crippen molar-refractivity contribution in [2.24, 2.45) is 12.0 Å². The van der Waals surface area contributed by atoms with Crippen LogP contribution in [0.15, 0.2) is 41.7 Å². The number of hydrogen-bond acceptors (Lipinski definition) is 3. The number of nitrogens with zero attached hydrogens (tertiary/aromatic N) is 5. The molecule has 0 aliphatic carbocycles. The van der Waals surface area contributed by atoms with Crippen molar-refractivity contribution in [2.45, 2.75) is 25.8 Å². The summed E-state index contributed by atoms with van der Waals surface area (Å²) in [5.41, 5.74) is 1.06. The maximum Gasteiger partial charge on any atom is 0.198 e. The molecule has 2 heterocycles. The lowest BCUT2D eigenvalue weighted by molar-refractivity contribution is 0.340. The van der Waals surface area contributed by atoms with Crippen LogP contribution in [0.5, 0.6) is 0 Å². The van der Waals surface area contributed by atoms with E-state index in [-0.39, 0.29) is 0 Å². The second-order valence-corrected chi connectivity index (χ2v) is 5.51. The quantitative estimate of drug-likeness (QED) is 0.697. The summed E-state index contributed by atoms with van der Waals surface area (Å²) in [5, 5.41) is 7.73. The fourth-order valence-corrected chi connectivity index (χ4v) is 2.58. The minimum absolute atomic E-state index is 0.493. The Morgan fingerprint density at radius 2 is 1.95 bits per heavy atom. The normalized spacial score (nSPS) is 15.9. The number of aryl methyl sites for hydroxylation is 1. The van der Waals surface area contributed by atoms with Crippen molar-refractivity contribution in [3.8, 4) is 0 Å². The molecule has 0 atom stereocenters. The van der Waals surface area contributed by atoms with Crippen molar-refractivity contribution >= 4 is 11.6 Å². The van der Waals surface area contributed by atoms with Gasteiger partial charge in [-0.2, -0.15) is 5.10 Å². The van der Waals surface area contributed by atoms with Crippen LogP contribution in [0.25, 0.3) is 0 Å². The smallest absolute Gasteiger partial charge is 0.198 e. The highest BCUT2D eigenvalue weighted by molar-refractivity contribution is 5.93. The van der Waals surface area contributed by atoms with Gasteiger partial charge in [-0.15, -0.1) is 0 Å². The van der Waals surface area contributed by atoms with E-state index < -0.39 is 0 Å². The van der Waals surface area contributed by atoms with E-state index in [1.165, 1.54) is 19.3 Å². The van der Waals surface area contributed by atoms with Crippen LogP contribution in [0.4, 0.5) is 5.69 Å². The van der Waals surface area contributed by atoms with Gasteiger partial charge in [-0.05, 0) is 31.4 Å².